The lowest BCUT2D eigenvalue weighted by Gasteiger charge is -2.27. The number of ether oxygens (including phenoxy) is 1. The Morgan fingerprint density at radius 2 is 1.76 bits per heavy atom. The molecule has 1 heterocycles. The fourth-order valence-corrected chi connectivity index (χ4v) is 3.91. The molecule has 1 aliphatic rings. The molecule has 0 saturated carbocycles. The lowest BCUT2D eigenvalue weighted by molar-refractivity contribution is -0.117. The number of carbonyl (C=O) groups excluding carboxylic acids is 2. The van der Waals surface area contributed by atoms with Crippen molar-refractivity contribution in [3.8, 4) is 11.5 Å². The quantitative estimate of drug-likeness (QED) is 0.532. The third kappa shape index (κ3) is 4.23. The predicted molar refractivity (Wildman–Crippen MR) is 126 cm³/mol. The summed E-state index contributed by atoms with van der Waals surface area (Å²) >= 11 is 0. The zero-order chi connectivity index (χ0) is 23.5. The molecule has 6 nitrogen and oxygen atoms in total. The van der Waals surface area contributed by atoms with Crippen LogP contribution in [0.5, 0.6) is 11.5 Å². The molecule has 0 radical (unpaired) electrons. The van der Waals surface area contributed by atoms with Crippen LogP contribution in [0.15, 0.2) is 90.2 Å². The summed E-state index contributed by atoms with van der Waals surface area (Å²) in [5.41, 5.74) is 2.75. The van der Waals surface area contributed by atoms with Gasteiger partial charge in [0.1, 0.15) is 0 Å². The van der Waals surface area contributed by atoms with Gasteiger partial charge >= 0.3 is 0 Å². The molecule has 166 valence electrons. The third-order valence-corrected chi connectivity index (χ3v) is 5.50. The van der Waals surface area contributed by atoms with E-state index in [0.717, 1.165) is 11.1 Å². The third-order valence-electron chi connectivity index (χ3n) is 5.50. The lowest BCUT2D eigenvalue weighted by atomic mass is 9.94. The van der Waals surface area contributed by atoms with E-state index in [1.807, 2.05) is 49.4 Å². The summed E-state index contributed by atoms with van der Waals surface area (Å²) in [4.78, 5) is 27.8. The van der Waals surface area contributed by atoms with Crippen LogP contribution in [0.3, 0.4) is 0 Å². The monoisotopic (exact) mass is 441 g/mol. The molecule has 2 N–H and O–H groups in total. The number of carbonyl (C=O) groups is 2. The Morgan fingerprint density at radius 3 is 2.45 bits per heavy atom. The number of amides is 1. The standard InChI is InChI=1S/C27H23NO5/c1-17-7-6-10-20(15-17)28-25(19-12-14-21(29)23(16-19)33-2)24(26(31)27(28)32)22(30)13-11-18-8-4-3-5-9-18/h3-16,25,29,31H,1-2H3/b13-11+/t25-/m0/s1. The molecule has 3 aromatic rings. The Bertz CT molecular complexity index is 1280. The Kier molecular flexibility index (Phi) is 6.00. The molecule has 33 heavy (non-hydrogen) atoms. The molecule has 1 aliphatic heterocycles. The Labute approximate surface area is 191 Å². The van der Waals surface area contributed by atoms with Crippen molar-refractivity contribution in [1.29, 1.82) is 0 Å². The zero-order valence-electron chi connectivity index (χ0n) is 18.2. The molecular formula is C27H23NO5. The molecule has 0 saturated heterocycles. The van der Waals surface area contributed by atoms with Crippen LogP contribution in [-0.4, -0.2) is 29.0 Å². The maximum absolute atomic E-state index is 13.3. The number of hydrogen-bond acceptors (Lipinski definition) is 5. The van der Waals surface area contributed by atoms with Crippen LogP contribution in [0, 0.1) is 6.92 Å². The minimum Gasteiger partial charge on any atom is -0.504 e. The van der Waals surface area contributed by atoms with E-state index in [-0.39, 0.29) is 17.1 Å². The Morgan fingerprint density at radius 1 is 1.00 bits per heavy atom. The molecule has 1 atom stereocenters. The van der Waals surface area contributed by atoms with Crippen molar-refractivity contribution in [3.05, 3.63) is 107 Å². The second kappa shape index (κ2) is 9.04. The number of allylic oxidation sites excluding steroid dienone is 1. The van der Waals surface area contributed by atoms with E-state index in [1.54, 1.807) is 30.3 Å². The number of aliphatic hydroxyl groups excluding tert-OH is 1. The number of anilines is 1. The SMILES string of the molecule is COc1cc([C@H]2C(C(=O)/C=C/c3ccccc3)=C(O)C(=O)N2c2cccc(C)c2)ccc1O. The van der Waals surface area contributed by atoms with Gasteiger partial charge in [-0.1, -0.05) is 54.6 Å². The van der Waals surface area contributed by atoms with Crippen molar-refractivity contribution < 1.29 is 24.5 Å². The smallest absolute Gasteiger partial charge is 0.294 e. The van der Waals surface area contributed by atoms with Crippen molar-refractivity contribution in [2.75, 3.05) is 12.0 Å². The van der Waals surface area contributed by atoms with E-state index in [1.165, 1.54) is 24.2 Å². The van der Waals surface area contributed by atoms with Crippen molar-refractivity contribution in [2.45, 2.75) is 13.0 Å². The summed E-state index contributed by atoms with van der Waals surface area (Å²) in [6, 6.07) is 20.2. The van der Waals surface area contributed by atoms with E-state index >= 15 is 0 Å². The van der Waals surface area contributed by atoms with Gasteiger partial charge in [-0.05, 0) is 54.0 Å². The number of rotatable bonds is 6. The molecule has 0 aromatic heterocycles. The van der Waals surface area contributed by atoms with Crippen LogP contribution in [-0.2, 0) is 9.59 Å². The first kappa shape index (κ1) is 21.9. The van der Waals surface area contributed by atoms with Gasteiger partial charge in [-0.3, -0.25) is 14.5 Å². The molecule has 4 rings (SSSR count). The maximum atomic E-state index is 13.3. The van der Waals surface area contributed by atoms with E-state index < -0.39 is 23.5 Å². The number of aromatic hydroxyl groups is 1. The van der Waals surface area contributed by atoms with Gasteiger partial charge in [-0.2, -0.15) is 0 Å². The first-order valence-electron chi connectivity index (χ1n) is 10.4. The number of hydrogen-bond donors (Lipinski definition) is 2. The van der Waals surface area contributed by atoms with Crippen LogP contribution in [0.4, 0.5) is 5.69 Å². The highest BCUT2D eigenvalue weighted by Crippen LogP contribution is 2.43. The number of aliphatic hydroxyl groups is 1. The van der Waals surface area contributed by atoms with E-state index in [0.29, 0.717) is 11.3 Å². The molecule has 0 fully saturated rings. The number of aryl methyl sites for hydroxylation is 1. The van der Waals surface area contributed by atoms with Crippen LogP contribution >= 0.6 is 0 Å². The molecular weight excluding hydrogens is 418 g/mol. The van der Waals surface area contributed by atoms with Crippen molar-refractivity contribution >= 4 is 23.5 Å². The van der Waals surface area contributed by atoms with Crippen LogP contribution in [0.2, 0.25) is 0 Å². The maximum Gasteiger partial charge on any atom is 0.294 e. The minimum atomic E-state index is -0.901. The number of nitrogens with zero attached hydrogens (tertiary/aromatic N) is 1. The van der Waals surface area contributed by atoms with Gasteiger partial charge in [-0.15, -0.1) is 0 Å². The number of phenols is 1. The minimum absolute atomic E-state index is 0.0403. The average molecular weight is 441 g/mol. The number of phenolic OH excluding ortho intramolecular Hbond substituents is 1. The number of methoxy groups -OCH3 is 1. The topological polar surface area (TPSA) is 87.1 Å². The molecule has 0 spiro atoms. The first-order valence-corrected chi connectivity index (χ1v) is 10.4. The van der Waals surface area contributed by atoms with Crippen molar-refractivity contribution in [2.24, 2.45) is 0 Å². The highest BCUT2D eigenvalue weighted by Gasteiger charge is 2.44. The summed E-state index contributed by atoms with van der Waals surface area (Å²) in [5.74, 6) is -1.64. The first-order chi connectivity index (χ1) is 15.9. The van der Waals surface area contributed by atoms with Crippen molar-refractivity contribution in [3.63, 3.8) is 0 Å². The zero-order valence-corrected chi connectivity index (χ0v) is 18.2. The second-order valence-electron chi connectivity index (χ2n) is 7.72. The van der Waals surface area contributed by atoms with E-state index in [4.69, 9.17) is 4.74 Å². The summed E-state index contributed by atoms with van der Waals surface area (Å²) in [6.07, 6.45) is 2.98. The summed E-state index contributed by atoms with van der Waals surface area (Å²) in [5, 5.41) is 20.8. The Balaban J connectivity index is 1.83. The lowest BCUT2D eigenvalue weighted by Crippen LogP contribution is -2.31. The molecule has 0 aliphatic carbocycles. The average Bonchev–Trinajstić information content (AvgIpc) is 3.09. The second-order valence-corrected chi connectivity index (χ2v) is 7.72. The van der Waals surface area contributed by atoms with Crippen LogP contribution in [0.25, 0.3) is 6.08 Å². The number of benzene rings is 3. The number of ketones is 1. The van der Waals surface area contributed by atoms with E-state index in [2.05, 4.69) is 0 Å². The molecule has 1 amide bonds. The highest BCUT2D eigenvalue weighted by atomic mass is 16.5. The van der Waals surface area contributed by atoms with Gasteiger partial charge < -0.3 is 14.9 Å². The van der Waals surface area contributed by atoms with Gasteiger partial charge in [0, 0.05) is 5.69 Å². The largest absolute Gasteiger partial charge is 0.504 e. The normalized spacial score (nSPS) is 16.0. The van der Waals surface area contributed by atoms with Gasteiger partial charge in [0.25, 0.3) is 5.91 Å². The highest BCUT2D eigenvalue weighted by molar-refractivity contribution is 6.19. The molecule has 6 heteroatoms. The van der Waals surface area contributed by atoms with Gasteiger partial charge in [-0.25, -0.2) is 0 Å². The van der Waals surface area contributed by atoms with E-state index in [9.17, 15) is 19.8 Å². The molecule has 0 bridgehead atoms. The summed E-state index contributed by atoms with van der Waals surface area (Å²) in [7, 11) is 1.42. The molecule has 3 aromatic carbocycles. The fraction of sp³-hybridized carbons (Fsp3) is 0.111. The Hall–Kier alpha value is -4.32. The van der Waals surface area contributed by atoms with Gasteiger partial charge in [0.2, 0.25) is 0 Å². The summed E-state index contributed by atoms with van der Waals surface area (Å²) in [6.45, 7) is 1.89. The summed E-state index contributed by atoms with van der Waals surface area (Å²) < 4.78 is 5.23. The molecule has 0 unspecified atom stereocenters. The fourth-order valence-electron chi connectivity index (χ4n) is 3.91. The van der Waals surface area contributed by atoms with Gasteiger partial charge in [0.15, 0.2) is 23.0 Å². The van der Waals surface area contributed by atoms with Crippen molar-refractivity contribution in [1.82, 2.24) is 0 Å². The van der Waals surface area contributed by atoms with Crippen LogP contribution < -0.4 is 9.64 Å². The predicted octanol–water partition coefficient (Wildman–Crippen LogP) is 4.89. The van der Waals surface area contributed by atoms with Crippen LogP contribution in [0.1, 0.15) is 22.7 Å². The van der Waals surface area contributed by atoms with Gasteiger partial charge in [0.05, 0.1) is 18.7 Å².